The summed E-state index contributed by atoms with van der Waals surface area (Å²) in [5, 5.41) is 2.95. The highest BCUT2D eigenvalue weighted by Gasteiger charge is 2.05. The number of anilines is 1. The molecule has 2 rings (SSSR count). The summed E-state index contributed by atoms with van der Waals surface area (Å²) in [6.07, 6.45) is 1.15. The Morgan fingerprint density at radius 1 is 0.957 bits per heavy atom. The van der Waals surface area contributed by atoms with Crippen molar-refractivity contribution in [3.8, 4) is 5.75 Å². The number of benzene rings is 2. The number of ether oxygens (including phenoxy) is 1. The second-order valence-corrected chi connectivity index (χ2v) is 6.15. The molecule has 0 bridgehead atoms. The van der Waals surface area contributed by atoms with Gasteiger partial charge < -0.3 is 10.1 Å². The zero-order chi connectivity index (χ0) is 16.8. The van der Waals surface area contributed by atoms with Crippen molar-refractivity contribution in [3.63, 3.8) is 0 Å². The summed E-state index contributed by atoms with van der Waals surface area (Å²) in [4.78, 5) is 12.0. The van der Waals surface area contributed by atoms with E-state index in [9.17, 15) is 4.79 Å². The highest BCUT2D eigenvalue weighted by atomic mass is 16.5. The maximum atomic E-state index is 12.0. The van der Waals surface area contributed by atoms with Gasteiger partial charge in [0.15, 0.2) is 0 Å². The predicted molar refractivity (Wildman–Crippen MR) is 95.2 cm³/mol. The summed E-state index contributed by atoms with van der Waals surface area (Å²) in [6.45, 7) is 8.70. The summed E-state index contributed by atoms with van der Waals surface area (Å²) >= 11 is 0. The van der Waals surface area contributed by atoms with E-state index in [-0.39, 0.29) is 5.91 Å². The molecule has 1 N–H and O–H groups in total. The molecule has 0 spiro atoms. The van der Waals surface area contributed by atoms with Crippen molar-refractivity contribution in [1.29, 1.82) is 0 Å². The van der Waals surface area contributed by atoms with E-state index in [1.54, 1.807) is 0 Å². The second-order valence-electron chi connectivity index (χ2n) is 6.15. The molecule has 0 heterocycles. The fourth-order valence-electron chi connectivity index (χ4n) is 2.65. The Morgan fingerprint density at radius 2 is 1.65 bits per heavy atom. The Morgan fingerprint density at radius 3 is 2.30 bits per heavy atom. The van der Waals surface area contributed by atoms with Crippen molar-refractivity contribution in [3.05, 3.63) is 58.7 Å². The lowest BCUT2D eigenvalue weighted by Gasteiger charge is -2.10. The molecule has 1 amide bonds. The maximum Gasteiger partial charge on any atom is 0.224 e. The number of nitrogens with one attached hydrogen (secondary N) is 1. The molecule has 0 unspecified atom stereocenters. The molecule has 0 aliphatic heterocycles. The van der Waals surface area contributed by atoms with Crippen LogP contribution in [0.25, 0.3) is 0 Å². The molecule has 122 valence electrons. The van der Waals surface area contributed by atoms with Gasteiger partial charge in [-0.3, -0.25) is 4.79 Å². The number of rotatable bonds is 6. The Bertz CT molecular complexity index is 672. The first-order chi connectivity index (χ1) is 10.9. The molecule has 2 aromatic carbocycles. The minimum absolute atomic E-state index is 0.0271. The van der Waals surface area contributed by atoms with Gasteiger partial charge in [0.1, 0.15) is 5.75 Å². The number of amides is 1. The fraction of sp³-hybridized carbons (Fsp3) is 0.350. The van der Waals surface area contributed by atoms with E-state index in [0.29, 0.717) is 19.4 Å². The molecule has 3 nitrogen and oxygen atoms in total. The molecular formula is C20H25NO2. The molecular weight excluding hydrogens is 286 g/mol. The maximum absolute atomic E-state index is 12.0. The molecule has 2 aromatic rings. The average Bonchev–Trinajstić information content (AvgIpc) is 2.44. The number of carbonyl (C=O) groups excluding carboxylic acids is 1. The van der Waals surface area contributed by atoms with Crippen molar-refractivity contribution in [2.75, 3.05) is 11.9 Å². The fourth-order valence-corrected chi connectivity index (χ4v) is 2.65. The molecule has 0 aliphatic carbocycles. The number of aryl methyl sites for hydroxylation is 4. The molecule has 3 heteroatoms. The minimum atomic E-state index is 0.0271. The van der Waals surface area contributed by atoms with Crippen molar-refractivity contribution < 1.29 is 9.53 Å². The zero-order valence-electron chi connectivity index (χ0n) is 14.4. The Labute approximate surface area is 138 Å². The van der Waals surface area contributed by atoms with E-state index in [1.807, 2.05) is 45.0 Å². The van der Waals surface area contributed by atoms with Gasteiger partial charge in [-0.05, 0) is 69.0 Å². The van der Waals surface area contributed by atoms with Gasteiger partial charge in [-0.1, -0.05) is 23.8 Å². The lowest BCUT2D eigenvalue weighted by atomic mass is 10.1. The highest BCUT2D eigenvalue weighted by molar-refractivity contribution is 5.90. The summed E-state index contributed by atoms with van der Waals surface area (Å²) in [7, 11) is 0. The third-order valence-corrected chi connectivity index (χ3v) is 3.64. The third kappa shape index (κ3) is 5.44. The Kier molecular flexibility index (Phi) is 5.80. The van der Waals surface area contributed by atoms with Crippen LogP contribution in [0, 0.1) is 27.7 Å². The van der Waals surface area contributed by atoms with E-state index < -0.39 is 0 Å². The molecule has 0 radical (unpaired) electrons. The second kappa shape index (κ2) is 7.82. The van der Waals surface area contributed by atoms with Crippen LogP contribution in [0.4, 0.5) is 5.69 Å². The van der Waals surface area contributed by atoms with Crippen LogP contribution in [0.3, 0.4) is 0 Å². The van der Waals surface area contributed by atoms with Crippen LogP contribution in [0.5, 0.6) is 5.75 Å². The quantitative estimate of drug-likeness (QED) is 0.784. The molecule has 0 aliphatic rings. The van der Waals surface area contributed by atoms with Crippen molar-refractivity contribution >= 4 is 11.6 Å². The summed E-state index contributed by atoms with van der Waals surface area (Å²) in [5.74, 6) is 0.921. The Hall–Kier alpha value is -2.29. The summed E-state index contributed by atoms with van der Waals surface area (Å²) < 4.78 is 5.75. The highest BCUT2D eigenvalue weighted by Crippen LogP contribution is 2.19. The number of hydrogen-bond acceptors (Lipinski definition) is 2. The monoisotopic (exact) mass is 311 g/mol. The zero-order valence-corrected chi connectivity index (χ0v) is 14.4. The first kappa shape index (κ1) is 17.1. The van der Waals surface area contributed by atoms with Crippen LogP contribution >= 0.6 is 0 Å². The average molecular weight is 311 g/mol. The lowest BCUT2D eigenvalue weighted by molar-refractivity contribution is -0.116. The van der Waals surface area contributed by atoms with Gasteiger partial charge in [-0.2, -0.15) is 0 Å². The molecule has 0 saturated heterocycles. The lowest BCUT2D eigenvalue weighted by Crippen LogP contribution is -2.13. The van der Waals surface area contributed by atoms with E-state index in [4.69, 9.17) is 4.74 Å². The van der Waals surface area contributed by atoms with E-state index in [1.165, 1.54) is 5.56 Å². The topological polar surface area (TPSA) is 38.3 Å². The SMILES string of the molecule is Cc1cc(C)cc(NC(=O)CCCOc2ccc(C)cc2C)c1. The van der Waals surface area contributed by atoms with Gasteiger partial charge in [0.05, 0.1) is 6.61 Å². The predicted octanol–water partition coefficient (Wildman–Crippen LogP) is 4.72. The molecule has 0 fully saturated rings. The summed E-state index contributed by atoms with van der Waals surface area (Å²) in [6, 6.07) is 12.2. The van der Waals surface area contributed by atoms with Gasteiger partial charge in [-0.25, -0.2) is 0 Å². The number of carbonyl (C=O) groups is 1. The van der Waals surface area contributed by atoms with Crippen molar-refractivity contribution in [2.45, 2.75) is 40.5 Å². The van der Waals surface area contributed by atoms with E-state index in [2.05, 4.69) is 24.4 Å². The van der Waals surface area contributed by atoms with Crippen molar-refractivity contribution in [2.24, 2.45) is 0 Å². The van der Waals surface area contributed by atoms with Gasteiger partial charge in [0, 0.05) is 12.1 Å². The minimum Gasteiger partial charge on any atom is -0.493 e. The Balaban J connectivity index is 1.76. The van der Waals surface area contributed by atoms with E-state index in [0.717, 1.165) is 28.1 Å². The smallest absolute Gasteiger partial charge is 0.224 e. The number of hydrogen-bond donors (Lipinski definition) is 1. The first-order valence-electron chi connectivity index (χ1n) is 8.02. The van der Waals surface area contributed by atoms with Crippen LogP contribution in [0.1, 0.15) is 35.1 Å². The van der Waals surface area contributed by atoms with Crippen LogP contribution in [0.2, 0.25) is 0 Å². The standard InChI is InChI=1S/C20H25NO2/c1-14-7-8-19(17(4)11-14)23-9-5-6-20(22)21-18-12-15(2)10-16(3)13-18/h7-8,10-13H,5-6,9H2,1-4H3,(H,21,22). The van der Waals surface area contributed by atoms with Crippen molar-refractivity contribution in [1.82, 2.24) is 0 Å². The van der Waals surface area contributed by atoms with Crippen LogP contribution < -0.4 is 10.1 Å². The molecule has 0 saturated carbocycles. The van der Waals surface area contributed by atoms with Crippen LogP contribution in [-0.2, 0) is 4.79 Å². The molecule has 0 aromatic heterocycles. The molecule has 0 atom stereocenters. The van der Waals surface area contributed by atoms with Crippen LogP contribution in [-0.4, -0.2) is 12.5 Å². The van der Waals surface area contributed by atoms with Gasteiger partial charge in [0.2, 0.25) is 5.91 Å². The van der Waals surface area contributed by atoms with Gasteiger partial charge in [-0.15, -0.1) is 0 Å². The van der Waals surface area contributed by atoms with Crippen LogP contribution in [0.15, 0.2) is 36.4 Å². The third-order valence-electron chi connectivity index (χ3n) is 3.64. The normalized spacial score (nSPS) is 10.4. The van der Waals surface area contributed by atoms with Gasteiger partial charge in [0.25, 0.3) is 0 Å². The van der Waals surface area contributed by atoms with E-state index >= 15 is 0 Å². The first-order valence-corrected chi connectivity index (χ1v) is 8.02. The van der Waals surface area contributed by atoms with Gasteiger partial charge >= 0.3 is 0 Å². The molecule has 23 heavy (non-hydrogen) atoms. The largest absolute Gasteiger partial charge is 0.493 e. The summed E-state index contributed by atoms with van der Waals surface area (Å²) in [5.41, 5.74) is 5.52.